The van der Waals surface area contributed by atoms with Gasteiger partial charge in [-0.05, 0) is 24.6 Å². The average Bonchev–Trinajstić information content (AvgIpc) is 2.86. The van der Waals surface area contributed by atoms with Gasteiger partial charge in [-0.15, -0.1) is 11.3 Å². The Morgan fingerprint density at radius 3 is 2.83 bits per heavy atom. The lowest BCUT2D eigenvalue weighted by atomic mass is 10.2. The third kappa shape index (κ3) is 2.47. The SMILES string of the molecule is COc1ccc(C)cc1N(C)c1ncc(CN)s1. The summed E-state index contributed by atoms with van der Waals surface area (Å²) >= 11 is 1.60. The third-order valence-corrected chi connectivity index (χ3v) is 3.82. The molecular formula is C13H17N3OS. The highest BCUT2D eigenvalue weighted by molar-refractivity contribution is 7.15. The van der Waals surface area contributed by atoms with Gasteiger partial charge in [0.2, 0.25) is 0 Å². The van der Waals surface area contributed by atoms with E-state index < -0.39 is 0 Å². The van der Waals surface area contributed by atoms with E-state index in [9.17, 15) is 0 Å². The van der Waals surface area contributed by atoms with E-state index in [-0.39, 0.29) is 0 Å². The minimum Gasteiger partial charge on any atom is -0.495 e. The molecule has 0 unspecified atom stereocenters. The van der Waals surface area contributed by atoms with Crippen LogP contribution in [0, 0.1) is 6.92 Å². The number of benzene rings is 1. The quantitative estimate of drug-likeness (QED) is 0.921. The highest BCUT2D eigenvalue weighted by Crippen LogP contribution is 2.35. The van der Waals surface area contributed by atoms with E-state index in [0.29, 0.717) is 6.54 Å². The van der Waals surface area contributed by atoms with Gasteiger partial charge in [0.25, 0.3) is 0 Å². The van der Waals surface area contributed by atoms with Gasteiger partial charge >= 0.3 is 0 Å². The molecule has 4 nitrogen and oxygen atoms in total. The average molecular weight is 263 g/mol. The number of methoxy groups -OCH3 is 1. The zero-order valence-corrected chi connectivity index (χ0v) is 11.6. The molecule has 0 saturated carbocycles. The fourth-order valence-electron chi connectivity index (χ4n) is 1.71. The van der Waals surface area contributed by atoms with Gasteiger partial charge in [0.1, 0.15) is 5.75 Å². The summed E-state index contributed by atoms with van der Waals surface area (Å²) in [6, 6.07) is 6.09. The number of nitrogens with two attached hydrogens (primary N) is 1. The maximum absolute atomic E-state index is 5.61. The van der Waals surface area contributed by atoms with Crippen LogP contribution in [0.15, 0.2) is 24.4 Å². The first kappa shape index (κ1) is 12.9. The summed E-state index contributed by atoms with van der Waals surface area (Å²) in [4.78, 5) is 7.47. The molecule has 0 aliphatic heterocycles. The van der Waals surface area contributed by atoms with E-state index in [1.165, 1.54) is 5.56 Å². The summed E-state index contributed by atoms with van der Waals surface area (Å²) in [5, 5.41) is 0.916. The van der Waals surface area contributed by atoms with Crippen molar-refractivity contribution in [1.82, 2.24) is 4.98 Å². The van der Waals surface area contributed by atoms with Crippen LogP contribution in [0.25, 0.3) is 0 Å². The normalized spacial score (nSPS) is 10.4. The Bertz CT molecular complexity index is 539. The minimum atomic E-state index is 0.524. The van der Waals surface area contributed by atoms with E-state index in [4.69, 9.17) is 10.5 Å². The molecule has 0 aliphatic rings. The van der Waals surface area contributed by atoms with Crippen LogP contribution in [-0.2, 0) is 6.54 Å². The monoisotopic (exact) mass is 263 g/mol. The Hall–Kier alpha value is -1.59. The Labute approximate surface area is 111 Å². The van der Waals surface area contributed by atoms with Crippen LogP contribution >= 0.6 is 11.3 Å². The molecule has 0 spiro atoms. The Morgan fingerprint density at radius 1 is 1.44 bits per heavy atom. The van der Waals surface area contributed by atoms with Gasteiger partial charge in [0.15, 0.2) is 5.13 Å². The van der Waals surface area contributed by atoms with Gasteiger partial charge in [-0.3, -0.25) is 0 Å². The predicted octanol–water partition coefficient (Wildman–Crippen LogP) is 2.69. The molecule has 0 radical (unpaired) electrons. The van der Waals surface area contributed by atoms with E-state index in [1.807, 2.05) is 30.3 Å². The lowest BCUT2D eigenvalue weighted by molar-refractivity contribution is 0.415. The van der Waals surface area contributed by atoms with Crippen molar-refractivity contribution in [1.29, 1.82) is 0 Å². The van der Waals surface area contributed by atoms with Crippen LogP contribution in [0.1, 0.15) is 10.4 Å². The Balaban J connectivity index is 2.38. The minimum absolute atomic E-state index is 0.524. The highest BCUT2D eigenvalue weighted by atomic mass is 32.1. The van der Waals surface area contributed by atoms with Crippen molar-refractivity contribution < 1.29 is 4.74 Å². The first-order valence-electron chi connectivity index (χ1n) is 5.69. The molecule has 1 aromatic heterocycles. The number of rotatable bonds is 4. The molecule has 0 fully saturated rings. The fraction of sp³-hybridized carbons (Fsp3) is 0.308. The van der Waals surface area contributed by atoms with Crippen molar-refractivity contribution in [3.8, 4) is 5.75 Å². The van der Waals surface area contributed by atoms with Gasteiger partial charge in [-0.25, -0.2) is 4.98 Å². The maximum Gasteiger partial charge on any atom is 0.189 e. The summed E-state index contributed by atoms with van der Waals surface area (Å²) < 4.78 is 5.39. The standard InChI is InChI=1S/C13H17N3OS/c1-9-4-5-12(17-3)11(6-9)16(2)13-15-8-10(7-14)18-13/h4-6,8H,7,14H2,1-3H3. The first-order chi connectivity index (χ1) is 8.65. The third-order valence-electron chi connectivity index (χ3n) is 2.73. The second kappa shape index (κ2) is 5.37. The molecule has 0 bridgehead atoms. The van der Waals surface area contributed by atoms with E-state index in [2.05, 4.69) is 18.0 Å². The lowest BCUT2D eigenvalue weighted by Gasteiger charge is -2.19. The van der Waals surface area contributed by atoms with Crippen molar-refractivity contribution in [3.05, 3.63) is 34.8 Å². The van der Waals surface area contributed by atoms with Crippen LogP contribution in [0.3, 0.4) is 0 Å². The maximum atomic E-state index is 5.61. The molecular weight excluding hydrogens is 246 g/mol. The number of hydrogen-bond donors (Lipinski definition) is 1. The van der Waals surface area contributed by atoms with E-state index in [0.717, 1.165) is 21.4 Å². The van der Waals surface area contributed by atoms with Gasteiger partial charge in [-0.1, -0.05) is 6.07 Å². The molecule has 0 saturated heterocycles. The van der Waals surface area contributed by atoms with Crippen LogP contribution in [0.2, 0.25) is 0 Å². The second-order valence-corrected chi connectivity index (χ2v) is 5.14. The number of hydrogen-bond acceptors (Lipinski definition) is 5. The number of aromatic nitrogens is 1. The van der Waals surface area contributed by atoms with Crippen molar-refractivity contribution >= 4 is 22.2 Å². The molecule has 5 heteroatoms. The van der Waals surface area contributed by atoms with Crippen LogP contribution < -0.4 is 15.4 Å². The van der Waals surface area contributed by atoms with Gasteiger partial charge in [0, 0.05) is 24.7 Å². The van der Waals surface area contributed by atoms with Crippen molar-refractivity contribution in [2.24, 2.45) is 5.73 Å². The molecule has 1 heterocycles. The molecule has 0 aliphatic carbocycles. The second-order valence-electron chi connectivity index (χ2n) is 4.05. The van der Waals surface area contributed by atoms with Gasteiger partial charge < -0.3 is 15.4 Å². The molecule has 0 atom stereocenters. The van der Waals surface area contributed by atoms with Crippen LogP contribution in [0.5, 0.6) is 5.75 Å². The molecule has 96 valence electrons. The topological polar surface area (TPSA) is 51.4 Å². The summed E-state index contributed by atoms with van der Waals surface area (Å²) in [7, 11) is 3.66. The van der Waals surface area contributed by atoms with Crippen LogP contribution in [-0.4, -0.2) is 19.1 Å². The van der Waals surface area contributed by atoms with Crippen molar-refractivity contribution in [3.63, 3.8) is 0 Å². The van der Waals surface area contributed by atoms with Gasteiger partial charge in [0.05, 0.1) is 12.8 Å². The largest absolute Gasteiger partial charge is 0.495 e. The van der Waals surface area contributed by atoms with Crippen molar-refractivity contribution in [2.75, 3.05) is 19.1 Å². The number of ether oxygens (including phenoxy) is 1. The zero-order chi connectivity index (χ0) is 13.1. The lowest BCUT2D eigenvalue weighted by Crippen LogP contribution is -2.10. The zero-order valence-electron chi connectivity index (χ0n) is 10.8. The first-order valence-corrected chi connectivity index (χ1v) is 6.50. The van der Waals surface area contributed by atoms with Crippen molar-refractivity contribution in [2.45, 2.75) is 13.5 Å². The molecule has 0 amide bonds. The van der Waals surface area contributed by atoms with E-state index >= 15 is 0 Å². The molecule has 18 heavy (non-hydrogen) atoms. The van der Waals surface area contributed by atoms with E-state index in [1.54, 1.807) is 18.4 Å². The summed E-state index contributed by atoms with van der Waals surface area (Å²) in [5.41, 5.74) is 7.81. The Morgan fingerprint density at radius 2 is 2.22 bits per heavy atom. The summed E-state index contributed by atoms with van der Waals surface area (Å²) in [6.45, 7) is 2.58. The predicted molar refractivity (Wildman–Crippen MR) is 75.8 cm³/mol. The molecule has 1 aromatic carbocycles. The molecule has 2 rings (SSSR count). The number of aryl methyl sites for hydroxylation is 1. The summed E-state index contributed by atoms with van der Waals surface area (Å²) in [5.74, 6) is 0.840. The molecule has 2 N–H and O–H groups in total. The fourth-order valence-corrected chi connectivity index (χ4v) is 2.48. The number of thiazole rings is 1. The number of anilines is 2. The number of nitrogens with zero attached hydrogens (tertiary/aromatic N) is 2. The summed E-state index contributed by atoms with van der Waals surface area (Å²) in [6.07, 6.45) is 1.82. The van der Waals surface area contributed by atoms with Gasteiger partial charge in [-0.2, -0.15) is 0 Å². The molecule has 2 aromatic rings. The Kier molecular flexibility index (Phi) is 3.84. The highest BCUT2D eigenvalue weighted by Gasteiger charge is 2.13. The smallest absolute Gasteiger partial charge is 0.189 e. The van der Waals surface area contributed by atoms with Crippen LogP contribution in [0.4, 0.5) is 10.8 Å².